The number of rotatable bonds is 0. The summed E-state index contributed by atoms with van der Waals surface area (Å²) in [4.78, 5) is 2.00. The molecule has 12 heavy (non-hydrogen) atoms. The Balaban J connectivity index is 2.54. The Morgan fingerprint density at radius 1 is 1.33 bits per heavy atom. The number of para-hydroxylation sites is 1. The molecule has 1 heterocycles. The second-order valence-electron chi connectivity index (χ2n) is 2.96. The lowest BCUT2D eigenvalue weighted by atomic mass is 10.0. The van der Waals surface area contributed by atoms with Crippen LogP contribution in [0.3, 0.4) is 0 Å². The Labute approximate surface area is 71.7 Å². The van der Waals surface area contributed by atoms with Crippen molar-refractivity contribution < 1.29 is 5.11 Å². The zero-order valence-electron chi connectivity index (χ0n) is 6.94. The topological polar surface area (TPSA) is 23.5 Å². The van der Waals surface area contributed by atoms with Crippen LogP contribution in [0, 0.1) is 0 Å². The van der Waals surface area contributed by atoms with E-state index in [9.17, 15) is 5.11 Å². The molecule has 0 radical (unpaired) electrons. The fourth-order valence-corrected chi connectivity index (χ4v) is 1.45. The summed E-state index contributed by atoms with van der Waals surface area (Å²) in [5.74, 6) is 0. The number of fused-ring (bicyclic) bond motifs is 1. The van der Waals surface area contributed by atoms with Crippen LogP contribution in [0.4, 0.5) is 5.69 Å². The molecule has 0 saturated heterocycles. The summed E-state index contributed by atoms with van der Waals surface area (Å²) in [5, 5.41) is 9.57. The Morgan fingerprint density at radius 2 is 2.08 bits per heavy atom. The average molecular weight is 161 g/mol. The van der Waals surface area contributed by atoms with Gasteiger partial charge in [0.15, 0.2) is 0 Å². The predicted molar refractivity (Wildman–Crippen MR) is 48.9 cm³/mol. The Kier molecular flexibility index (Phi) is 1.62. The molecule has 2 rings (SSSR count). The van der Waals surface area contributed by atoms with E-state index in [-0.39, 0.29) is 0 Å². The molecule has 1 aromatic rings. The highest BCUT2D eigenvalue weighted by molar-refractivity contribution is 5.59. The van der Waals surface area contributed by atoms with Gasteiger partial charge in [-0.25, -0.2) is 0 Å². The SMILES string of the molecule is CN1C=CC(O)c2ccccc21. The van der Waals surface area contributed by atoms with Gasteiger partial charge in [-0.3, -0.25) is 0 Å². The maximum Gasteiger partial charge on any atom is 0.101 e. The van der Waals surface area contributed by atoms with E-state index in [2.05, 4.69) is 0 Å². The number of benzene rings is 1. The van der Waals surface area contributed by atoms with Gasteiger partial charge in [-0.1, -0.05) is 18.2 Å². The summed E-state index contributed by atoms with van der Waals surface area (Å²) in [7, 11) is 1.97. The van der Waals surface area contributed by atoms with Crippen molar-refractivity contribution in [1.82, 2.24) is 0 Å². The van der Waals surface area contributed by atoms with Crippen molar-refractivity contribution in [3.8, 4) is 0 Å². The van der Waals surface area contributed by atoms with E-state index in [0.29, 0.717) is 0 Å². The number of hydrogen-bond acceptors (Lipinski definition) is 2. The third-order valence-electron chi connectivity index (χ3n) is 2.13. The molecule has 0 fully saturated rings. The summed E-state index contributed by atoms with van der Waals surface area (Å²) in [6, 6.07) is 7.86. The van der Waals surface area contributed by atoms with Crippen molar-refractivity contribution in [3.05, 3.63) is 42.1 Å². The molecule has 1 N–H and O–H groups in total. The molecule has 1 aromatic carbocycles. The first-order chi connectivity index (χ1) is 5.79. The molecule has 0 saturated carbocycles. The van der Waals surface area contributed by atoms with Gasteiger partial charge < -0.3 is 10.0 Å². The summed E-state index contributed by atoms with van der Waals surface area (Å²) >= 11 is 0. The summed E-state index contributed by atoms with van der Waals surface area (Å²) in [6.07, 6.45) is 3.22. The van der Waals surface area contributed by atoms with Crippen molar-refractivity contribution >= 4 is 5.69 Å². The molecule has 0 spiro atoms. The number of hydrogen-bond donors (Lipinski definition) is 1. The predicted octanol–water partition coefficient (Wildman–Crippen LogP) is 1.68. The van der Waals surface area contributed by atoms with Crippen LogP contribution in [0.1, 0.15) is 11.7 Å². The molecule has 0 aromatic heterocycles. The van der Waals surface area contributed by atoms with Gasteiger partial charge in [0, 0.05) is 24.5 Å². The van der Waals surface area contributed by atoms with Gasteiger partial charge in [-0.2, -0.15) is 0 Å². The minimum atomic E-state index is -0.447. The van der Waals surface area contributed by atoms with E-state index in [1.54, 1.807) is 6.08 Å². The fraction of sp³-hybridized carbons (Fsp3) is 0.200. The highest BCUT2D eigenvalue weighted by Gasteiger charge is 2.14. The lowest BCUT2D eigenvalue weighted by molar-refractivity contribution is 0.227. The van der Waals surface area contributed by atoms with Crippen molar-refractivity contribution in [3.63, 3.8) is 0 Å². The Morgan fingerprint density at radius 3 is 2.83 bits per heavy atom. The van der Waals surface area contributed by atoms with Crippen molar-refractivity contribution in [2.24, 2.45) is 0 Å². The second-order valence-corrected chi connectivity index (χ2v) is 2.96. The zero-order valence-corrected chi connectivity index (χ0v) is 6.94. The van der Waals surface area contributed by atoms with Crippen LogP contribution in [-0.2, 0) is 0 Å². The van der Waals surface area contributed by atoms with Crippen molar-refractivity contribution in [1.29, 1.82) is 0 Å². The Hall–Kier alpha value is -1.28. The lowest BCUT2D eigenvalue weighted by Gasteiger charge is -2.24. The van der Waals surface area contributed by atoms with E-state index in [4.69, 9.17) is 0 Å². The fourth-order valence-electron chi connectivity index (χ4n) is 1.45. The normalized spacial score (nSPS) is 20.8. The minimum Gasteiger partial charge on any atom is -0.384 e. The van der Waals surface area contributed by atoms with Gasteiger partial charge in [-0.05, 0) is 12.1 Å². The monoisotopic (exact) mass is 161 g/mol. The third kappa shape index (κ3) is 1.01. The van der Waals surface area contributed by atoms with Gasteiger partial charge in [0.1, 0.15) is 6.10 Å². The smallest absolute Gasteiger partial charge is 0.101 e. The molecule has 0 amide bonds. The average Bonchev–Trinajstić information content (AvgIpc) is 2.12. The van der Waals surface area contributed by atoms with E-state index < -0.39 is 6.10 Å². The van der Waals surface area contributed by atoms with E-state index in [1.807, 2.05) is 42.4 Å². The van der Waals surface area contributed by atoms with E-state index in [1.165, 1.54) is 0 Å². The van der Waals surface area contributed by atoms with Crippen LogP contribution in [0.25, 0.3) is 0 Å². The molecular weight excluding hydrogens is 150 g/mol. The first-order valence-electron chi connectivity index (χ1n) is 3.97. The quantitative estimate of drug-likeness (QED) is 0.625. The molecule has 1 atom stereocenters. The molecule has 1 aliphatic rings. The van der Waals surface area contributed by atoms with Gasteiger partial charge in [0.25, 0.3) is 0 Å². The third-order valence-corrected chi connectivity index (χ3v) is 2.13. The van der Waals surface area contributed by atoms with Crippen LogP contribution in [0.5, 0.6) is 0 Å². The lowest BCUT2D eigenvalue weighted by Crippen LogP contribution is -2.16. The molecule has 2 nitrogen and oxygen atoms in total. The molecule has 0 bridgehead atoms. The zero-order chi connectivity index (χ0) is 8.55. The van der Waals surface area contributed by atoms with Crippen molar-refractivity contribution in [2.75, 3.05) is 11.9 Å². The van der Waals surface area contributed by atoms with Gasteiger partial charge >= 0.3 is 0 Å². The number of aliphatic hydroxyl groups is 1. The van der Waals surface area contributed by atoms with Gasteiger partial charge in [0.05, 0.1) is 0 Å². The molecule has 2 heteroatoms. The van der Waals surface area contributed by atoms with E-state index >= 15 is 0 Å². The van der Waals surface area contributed by atoms with Crippen LogP contribution in [0.2, 0.25) is 0 Å². The summed E-state index contributed by atoms with van der Waals surface area (Å²) < 4.78 is 0. The highest BCUT2D eigenvalue weighted by atomic mass is 16.3. The number of anilines is 1. The maximum absolute atomic E-state index is 9.57. The second kappa shape index (κ2) is 2.64. The van der Waals surface area contributed by atoms with Gasteiger partial charge in [-0.15, -0.1) is 0 Å². The molecular formula is C10H11NO. The van der Waals surface area contributed by atoms with Crippen LogP contribution < -0.4 is 4.90 Å². The molecule has 1 unspecified atom stereocenters. The maximum atomic E-state index is 9.57. The van der Waals surface area contributed by atoms with Crippen molar-refractivity contribution in [2.45, 2.75) is 6.10 Å². The van der Waals surface area contributed by atoms with Crippen LogP contribution >= 0.6 is 0 Å². The summed E-state index contributed by atoms with van der Waals surface area (Å²) in [6.45, 7) is 0. The number of nitrogens with zero attached hydrogens (tertiary/aromatic N) is 1. The largest absolute Gasteiger partial charge is 0.384 e. The summed E-state index contributed by atoms with van der Waals surface area (Å²) in [5.41, 5.74) is 2.05. The molecule has 62 valence electrons. The standard InChI is InChI=1S/C10H11NO/c1-11-7-6-10(12)8-4-2-3-5-9(8)11/h2-7,10,12H,1H3. The molecule has 1 aliphatic heterocycles. The highest BCUT2D eigenvalue weighted by Crippen LogP contribution is 2.30. The number of aliphatic hydroxyl groups excluding tert-OH is 1. The minimum absolute atomic E-state index is 0.447. The Bertz CT molecular complexity index is 288. The van der Waals surface area contributed by atoms with Crippen LogP contribution in [-0.4, -0.2) is 12.2 Å². The van der Waals surface area contributed by atoms with Crippen LogP contribution in [0.15, 0.2) is 36.5 Å². The van der Waals surface area contributed by atoms with Gasteiger partial charge in [0.2, 0.25) is 0 Å². The molecule has 0 aliphatic carbocycles. The first-order valence-corrected chi connectivity index (χ1v) is 3.97. The first kappa shape index (κ1) is 7.37. The van der Waals surface area contributed by atoms with E-state index in [0.717, 1.165) is 11.3 Å².